The van der Waals surface area contributed by atoms with E-state index in [9.17, 15) is 0 Å². The highest BCUT2D eigenvalue weighted by atomic mass is 35.5. The summed E-state index contributed by atoms with van der Waals surface area (Å²) >= 11 is 5.95. The van der Waals surface area contributed by atoms with Crippen molar-refractivity contribution in [1.29, 1.82) is 0 Å². The summed E-state index contributed by atoms with van der Waals surface area (Å²) in [6.45, 7) is 1.68. The number of aryl methyl sites for hydroxylation is 1. The van der Waals surface area contributed by atoms with Crippen LogP contribution >= 0.6 is 11.6 Å². The molecule has 18 heavy (non-hydrogen) atoms. The number of methoxy groups -OCH3 is 1. The van der Waals surface area contributed by atoms with E-state index in [2.05, 4.69) is 25.4 Å². The first-order valence-corrected chi connectivity index (χ1v) is 5.33. The summed E-state index contributed by atoms with van der Waals surface area (Å²) in [5, 5.41) is 16.0. The van der Waals surface area contributed by atoms with E-state index >= 15 is 0 Å². The van der Waals surface area contributed by atoms with Crippen LogP contribution in [-0.2, 0) is 0 Å². The molecule has 3 aromatic heterocycles. The Balaban J connectivity index is 2.23. The topological polar surface area (TPSA) is 91.2 Å². The molecule has 0 amide bonds. The molecule has 0 N–H and O–H groups in total. The number of aromatic nitrogens is 6. The van der Waals surface area contributed by atoms with Crippen LogP contribution in [0.25, 0.3) is 17.3 Å². The smallest absolute Gasteiger partial charge is 0.242 e. The Kier molecular flexibility index (Phi) is 2.37. The zero-order valence-corrected chi connectivity index (χ0v) is 10.2. The first-order chi connectivity index (χ1) is 8.69. The number of halogens is 1. The summed E-state index contributed by atoms with van der Waals surface area (Å²) in [5.41, 5.74) is 0.480. The summed E-state index contributed by atoms with van der Waals surface area (Å²) in [6, 6.07) is 1.62. The van der Waals surface area contributed by atoms with Gasteiger partial charge in [-0.3, -0.25) is 0 Å². The molecular weight excluding hydrogens is 260 g/mol. The van der Waals surface area contributed by atoms with Crippen molar-refractivity contribution in [3.05, 3.63) is 17.1 Å². The van der Waals surface area contributed by atoms with Crippen molar-refractivity contribution in [2.75, 3.05) is 7.11 Å². The van der Waals surface area contributed by atoms with Crippen LogP contribution in [0.3, 0.4) is 0 Å². The molecule has 0 aliphatic carbocycles. The zero-order valence-electron chi connectivity index (χ0n) is 9.46. The number of rotatable bonds is 2. The monoisotopic (exact) mass is 266 g/mol. The summed E-state index contributed by atoms with van der Waals surface area (Å²) in [4.78, 5) is 4.06. The maximum atomic E-state index is 5.95. The normalized spacial score (nSPS) is 11.1. The van der Waals surface area contributed by atoms with E-state index in [-0.39, 0.29) is 5.15 Å². The number of hydrogen-bond donors (Lipinski definition) is 0. The van der Waals surface area contributed by atoms with E-state index in [4.69, 9.17) is 20.9 Å². The average Bonchev–Trinajstić information content (AvgIpc) is 2.94. The van der Waals surface area contributed by atoms with Crippen LogP contribution in [0.4, 0.5) is 0 Å². The Morgan fingerprint density at radius 2 is 2.22 bits per heavy atom. The van der Waals surface area contributed by atoms with Crippen molar-refractivity contribution in [3.8, 4) is 17.4 Å². The van der Waals surface area contributed by atoms with Crippen LogP contribution in [0.5, 0.6) is 5.75 Å². The fourth-order valence-corrected chi connectivity index (χ4v) is 1.67. The molecule has 3 heterocycles. The molecule has 3 aromatic rings. The van der Waals surface area contributed by atoms with Crippen LogP contribution in [0.15, 0.2) is 10.6 Å². The van der Waals surface area contributed by atoms with Gasteiger partial charge in [-0.2, -0.15) is 9.50 Å². The predicted octanol–water partition coefficient (Wildman–Crippen LogP) is 1.14. The van der Waals surface area contributed by atoms with E-state index in [1.807, 2.05) is 0 Å². The van der Waals surface area contributed by atoms with Gasteiger partial charge in [0.1, 0.15) is 0 Å². The molecule has 3 rings (SSSR count). The number of ether oxygens (including phenoxy) is 1. The van der Waals surface area contributed by atoms with Crippen LogP contribution in [0.1, 0.15) is 5.89 Å². The lowest BCUT2D eigenvalue weighted by atomic mass is 10.5. The molecular formula is C9H7ClN6O2. The lowest BCUT2D eigenvalue weighted by molar-refractivity contribution is 0.394. The lowest BCUT2D eigenvalue weighted by Gasteiger charge is -2.01. The molecule has 0 radical (unpaired) electrons. The van der Waals surface area contributed by atoms with E-state index in [1.54, 1.807) is 13.0 Å². The molecule has 0 aromatic carbocycles. The number of hydrogen-bond acceptors (Lipinski definition) is 7. The molecule has 0 saturated carbocycles. The summed E-state index contributed by atoms with van der Waals surface area (Å²) < 4.78 is 11.4. The van der Waals surface area contributed by atoms with E-state index < -0.39 is 0 Å². The Bertz CT molecular complexity index is 721. The molecule has 0 unspecified atom stereocenters. The molecule has 0 aliphatic rings. The Morgan fingerprint density at radius 3 is 2.89 bits per heavy atom. The van der Waals surface area contributed by atoms with Gasteiger partial charge in [0.25, 0.3) is 0 Å². The van der Waals surface area contributed by atoms with Gasteiger partial charge in [0.05, 0.1) is 7.11 Å². The van der Waals surface area contributed by atoms with Gasteiger partial charge in [-0.25, -0.2) is 0 Å². The van der Waals surface area contributed by atoms with Crippen LogP contribution in [0.2, 0.25) is 5.15 Å². The summed E-state index contributed by atoms with van der Waals surface area (Å²) in [7, 11) is 1.50. The minimum Gasteiger partial charge on any atom is -0.493 e. The van der Waals surface area contributed by atoms with Crippen LogP contribution in [0, 0.1) is 6.92 Å². The Labute approximate surface area is 106 Å². The standard InChI is InChI=1S/C9H7ClN6O2/c1-4-11-8(15-18-4)9-13-12-6-3-5(17-2)7(10)14-16(6)9/h3H,1-2H3. The predicted molar refractivity (Wildman–Crippen MR) is 60.4 cm³/mol. The molecule has 0 aliphatic heterocycles. The molecule has 8 nitrogen and oxygen atoms in total. The number of fused-ring (bicyclic) bond motifs is 1. The zero-order chi connectivity index (χ0) is 12.7. The highest BCUT2D eigenvalue weighted by Gasteiger charge is 2.17. The summed E-state index contributed by atoms with van der Waals surface area (Å²) in [5.74, 6) is 1.51. The SMILES string of the molecule is COc1cc2nnc(-c3noc(C)n3)n2nc1Cl. The fraction of sp³-hybridized carbons (Fsp3) is 0.222. The quantitative estimate of drug-likeness (QED) is 0.687. The maximum Gasteiger partial charge on any atom is 0.242 e. The van der Waals surface area contributed by atoms with E-state index in [1.165, 1.54) is 11.6 Å². The van der Waals surface area contributed by atoms with Gasteiger partial charge in [-0.05, 0) is 0 Å². The Hall–Kier alpha value is -2.22. The molecule has 9 heteroatoms. The molecule has 0 saturated heterocycles. The maximum absolute atomic E-state index is 5.95. The molecule has 0 bridgehead atoms. The minimum absolute atomic E-state index is 0.200. The van der Waals surface area contributed by atoms with E-state index in [0.717, 1.165) is 0 Å². The minimum atomic E-state index is 0.200. The lowest BCUT2D eigenvalue weighted by Crippen LogP contribution is -1.98. The van der Waals surface area contributed by atoms with Crippen molar-refractivity contribution in [3.63, 3.8) is 0 Å². The van der Waals surface area contributed by atoms with Gasteiger partial charge >= 0.3 is 0 Å². The fourth-order valence-electron chi connectivity index (χ4n) is 1.47. The molecule has 92 valence electrons. The Morgan fingerprint density at radius 1 is 1.39 bits per heavy atom. The van der Waals surface area contributed by atoms with E-state index in [0.29, 0.717) is 28.9 Å². The van der Waals surface area contributed by atoms with Crippen molar-refractivity contribution >= 4 is 17.2 Å². The van der Waals surface area contributed by atoms with Crippen molar-refractivity contribution < 1.29 is 9.26 Å². The van der Waals surface area contributed by atoms with Gasteiger partial charge in [-0.1, -0.05) is 16.8 Å². The molecule has 0 atom stereocenters. The highest BCUT2D eigenvalue weighted by molar-refractivity contribution is 6.30. The third kappa shape index (κ3) is 1.58. The van der Waals surface area contributed by atoms with Gasteiger partial charge in [0.15, 0.2) is 16.5 Å². The second kappa shape index (κ2) is 3.91. The van der Waals surface area contributed by atoms with Crippen LogP contribution in [-0.4, -0.2) is 37.1 Å². The first kappa shape index (κ1) is 10.9. The molecule has 0 fully saturated rings. The van der Waals surface area contributed by atoms with Gasteiger partial charge in [0.2, 0.25) is 17.5 Å². The van der Waals surface area contributed by atoms with Crippen molar-refractivity contribution in [2.45, 2.75) is 6.92 Å². The second-order valence-electron chi connectivity index (χ2n) is 3.43. The third-order valence-electron chi connectivity index (χ3n) is 2.26. The van der Waals surface area contributed by atoms with Crippen molar-refractivity contribution in [1.82, 2.24) is 30.0 Å². The largest absolute Gasteiger partial charge is 0.493 e. The van der Waals surface area contributed by atoms with Crippen LogP contribution < -0.4 is 4.74 Å². The van der Waals surface area contributed by atoms with Gasteiger partial charge in [-0.15, -0.1) is 15.3 Å². The van der Waals surface area contributed by atoms with Gasteiger partial charge in [0, 0.05) is 13.0 Å². The average molecular weight is 267 g/mol. The second-order valence-corrected chi connectivity index (χ2v) is 3.79. The van der Waals surface area contributed by atoms with Crippen molar-refractivity contribution in [2.24, 2.45) is 0 Å². The molecule has 0 spiro atoms. The van der Waals surface area contributed by atoms with Gasteiger partial charge < -0.3 is 9.26 Å². The first-order valence-electron chi connectivity index (χ1n) is 4.95. The highest BCUT2D eigenvalue weighted by Crippen LogP contribution is 2.24. The summed E-state index contributed by atoms with van der Waals surface area (Å²) in [6.07, 6.45) is 0. The number of nitrogens with zero attached hydrogens (tertiary/aromatic N) is 6. The third-order valence-corrected chi connectivity index (χ3v) is 2.53.